The van der Waals surface area contributed by atoms with Gasteiger partial charge in [0, 0.05) is 31.8 Å². The monoisotopic (exact) mass is 282 g/mol. The second-order valence-corrected chi connectivity index (χ2v) is 5.19. The van der Waals surface area contributed by atoms with E-state index in [9.17, 15) is 15.2 Å². The third kappa shape index (κ3) is 5.24. The molecular weight excluding hydrogens is 260 g/mol. The van der Waals surface area contributed by atoms with Crippen molar-refractivity contribution in [3.63, 3.8) is 0 Å². The van der Waals surface area contributed by atoms with Gasteiger partial charge < -0.3 is 15.2 Å². The zero-order valence-corrected chi connectivity index (χ0v) is 12.1. The van der Waals surface area contributed by atoms with E-state index in [4.69, 9.17) is 4.74 Å². The lowest BCUT2D eigenvalue weighted by molar-refractivity contribution is -0.384. The average Bonchev–Trinajstić information content (AvgIpc) is 2.38. The molecule has 0 aliphatic carbocycles. The Morgan fingerprint density at radius 3 is 2.50 bits per heavy atom. The fourth-order valence-corrected chi connectivity index (χ4v) is 1.89. The number of ether oxygens (including phenoxy) is 1. The summed E-state index contributed by atoms with van der Waals surface area (Å²) >= 11 is 0. The number of non-ortho nitro benzene ring substituents is 1. The third-order valence-electron chi connectivity index (χ3n) is 2.91. The lowest BCUT2D eigenvalue weighted by Gasteiger charge is -2.25. The molecule has 112 valence electrons. The summed E-state index contributed by atoms with van der Waals surface area (Å²) in [5, 5.41) is 23.7. The van der Waals surface area contributed by atoms with Gasteiger partial charge in [0.15, 0.2) is 0 Å². The van der Waals surface area contributed by atoms with Crippen LogP contribution < -0.4 is 5.32 Å². The summed E-state index contributed by atoms with van der Waals surface area (Å²) in [5.74, 6) is 0. The molecule has 0 bridgehead atoms. The summed E-state index contributed by atoms with van der Waals surface area (Å²) in [4.78, 5) is 10.1. The quantitative estimate of drug-likeness (QED) is 0.563. The maximum Gasteiger partial charge on any atom is 0.269 e. The molecule has 0 heterocycles. The molecule has 2 N–H and O–H groups in total. The van der Waals surface area contributed by atoms with E-state index < -0.39 is 11.0 Å². The first-order valence-corrected chi connectivity index (χ1v) is 6.63. The van der Waals surface area contributed by atoms with E-state index in [0.717, 1.165) is 0 Å². The molecule has 1 unspecified atom stereocenters. The fraction of sp³-hybridized carbons (Fsp3) is 0.571. The largest absolute Gasteiger partial charge is 0.387 e. The van der Waals surface area contributed by atoms with Crippen LogP contribution in [0, 0.1) is 10.1 Å². The molecule has 1 aromatic rings. The van der Waals surface area contributed by atoms with E-state index in [2.05, 4.69) is 5.32 Å². The molecule has 1 atom stereocenters. The van der Waals surface area contributed by atoms with E-state index in [-0.39, 0.29) is 11.3 Å². The summed E-state index contributed by atoms with van der Waals surface area (Å²) < 4.78 is 5.54. The van der Waals surface area contributed by atoms with Gasteiger partial charge in [-0.25, -0.2) is 0 Å². The summed E-state index contributed by atoms with van der Waals surface area (Å²) in [6.45, 7) is 7.51. The van der Waals surface area contributed by atoms with Gasteiger partial charge in [-0.3, -0.25) is 10.1 Å². The Hall–Kier alpha value is -1.50. The van der Waals surface area contributed by atoms with Gasteiger partial charge in [0.1, 0.15) is 0 Å². The smallest absolute Gasteiger partial charge is 0.269 e. The molecule has 0 aliphatic heterocycles. The molecule has 0 spiro atoms. The maximum atomic E-state index is 10.5. The predicted octanol–water partition coefficient (Wildman–Crippen LogP) is 2.03. The number of hydrogen-bond acceptors (Lipinski definition) is 5. The standard InChI is InChI=1S/C14H22N2O4/c1-4-20-14(2,3)10-15-9-13(17)11-5-7-12(8-6-11)16(18)19/h5-8,13,15,17H,4,9-10H2,1-3H3. The highest BCUT2D eigenvalue weighted by molar-refractivity contribution is 5.33. The SMILES string of the molecule is CCOC(C)(C)CNCC(O)c1ccc([N+](=O)[O-])cc1. The highest BCUT2D eigenvalue weighted by atomic mass is 16.6. The molecule has 6 nitrogen and oxygen atoms in total. The number of aliphatic hydroxyl groups is 1. The Morgan fingerprint density at radius 2 is 2.00 bits per heavy atom. The number of hydrogen-bond donors (Lipinski definition) is 2. The van der Waals surface area contributed by atoms with E-state index in [1.807, 2.05) is 20.8 Å². The van der Waals surface area contributed by atoms with Crippen LogP contribution in [-0.4, -0.2) is 35.3 Å². The van der Waals surface area contributed by atoms with Crippen molar-refractivity contribution in [2.24, 2.45) is 0 Å². The van der Waals surface area contributed by atoms with Gasteiger partial charge >= 0.3 is 0 Å². The number of benzene rings is 1. The normalized spacial score (nSPS) is 13.2. The number of nitro groups is 1. The Morgan fingerprint density at radius 1 is 1.40 bits per heavy atom. The van der Waals surface area contributed by atoms with E-state index in [1.165, 1.54) is 12.1 Å². The third-order valence-corrected chi connectivity index (χ3v) is 2.91. The van der Waals surface area contributed by atoms with Crippen molar-refractivity contribution in [3.8, 4) is 0 Å². The fourth-order valence-electron chi connectivity index (χ4n) is 1.89. The topological polar surface area (TPSA) is 84.6 Å². The van der Waals surface area contributed by atoms with Gasteiger partial charge in [0.2, 0.25) is 0 Å². The van der Waals surface area contributed by atoms with E-state index in [0.29, 0.717) is 25.3 Å². The predicted molar refractivity (Wildman–Crippen MR) is 76.6 cm³/mol. The van der Waals surface area contributed by atoms with Crippen molar-refractivity contribution in [3.05, 3.63) is 39.9 Å². The Balaban J connectivity index is 2.46. The second kappa shape index (κ2) is 7.33. The summed E-state index contributed by atoms with van der Waals surface area (Å²) in [6, 6.07) is 5.92. The van der Waals surface area contributed by atoms with Crippen molar-refractivity contribution in [2.45, 2.75) is 32.5 Å². The van der Waals surface area contributed by atoms with Crippen LogP contribution in [0.2, 0.25) is 0 Å². The van der Waals surface area contributed by atoms with Crippen LogP contribution in [0.5, 0.6) is 0 Å². The number of aliphatic hydroxyl groups excluding tert-OH is 1. The molecule has 0 aromatic heterocycles. The van der Waals surface area contributed by atoms with Crippen molar-refractivity contribution >= 4 is 5.69 Å². The lowest BCUT2D eigenvalue weighted by Crippen LogP contribution is -2.39. The molecule has 6 heteroatoms. The molecule has 1 aromatic carbocycles. The molecule has 0 aliphatic rings. The van der Waals surface area contributed by atoms with E-state index in [1.54, 1.807) is 12.1 Å². The molecule has 0 radical (unpaired) electrons. The van der Waals surface area contributed by atoms with Crippen LogP contribution in [0.15, 0.2) is 24.3 Å². The number of nitrogens with zero attached hydrogens (tertiary/aromatic N) is 1. The van der Waals surface area contributed by atoms with Crippen LogP contribution in [0.1, 0.15) is 32.4 Å². The van der Waals surface area contributed by atoms with Gasteiger partial charge in [-0.1, -0.05) is 0 Å². The van der Waals surface area contributed by atoms with Crippen LogP contribution in [0.3, 0.4) is 0 Å². The van der Waals surface area contributed by atoms with E-state index >= 15 is 0 Å². The first-order chi connectivity index (χ1) is 9.35. The first-order valence-electron chi connectivity index (χ1n) is 6.63. The number of rotatable bonds is 8. The summed E-state index contributed by atoms with van der Waals surface area (Å²) in [6.07, 6.45) is -0.701. The first kappa shape index (κ1) is 16.6. The van der Waals surface area contributed by atoms with Crippen LogP contribution in [-0.2, 0) is 4.74 Å². The lowest BCUT2D eigenvalue weighted by atomic mass is 10.1. The van der Waals surface area contributed by atoms with Crippen molar-refractivity contribution in [1.29, 1.82) is 0 Å². The minimum absolute atomic E-state index is 0.0198. The van der Waals surface area contributed by atoms with Gasteiger partial charge in [-0.2, -0.15) is 0 Å². The average molecular weight is 282 g/mol. The molecule has 0 fully saturated rings. The van der Waals surface area contributed by atoms with Crippen LogP contribution >= 0.6 is 0 Å². The summed E-state index contributed by atoms with van der Waals surface area (Å²) in [5.41, 5.74) is 0.382. The highest BCUT2D eigenvalue weighted by Gasteiger charge is 2.18. The van der Waals surface area contributed by atoms with Crippen molar-refractivity contribution < 1.29 is 14.8 Å². The zero-order valence-electron chi connectivity index (χ0n) is 12.1. The van der Waals surface area contributed by atoms with Gasteiger partial charge in [0.25, 0.3) is 5.69 Å². The number of nitrogens with one attached hydrogen (secondary N) is 1. The van der Waals surface area contributed by atoms with Crippen LogP contribution in [0.25, 0.3) is 0 Å². The highest BCUT2D eigenvalue weighted by Crippen LogP contribution is 2.17. The Bertz CT molecular complexity index is 431. The number of nitro benzene ring substituents is 1. The zero-order chi connectivity index (χ0) is 15.2. The van der Waals surface area contributed by atoms with Gasteiger partial charge in [0.05, 0.1) is 16.6 Å². The van der Waals surface area contributed by atoms with Gasteiger partial charge in [-0.15, -0.1) is 0 Å². The molecule has 0 amide bonds. The van der Waals surface area contributed by atoms with Crippen LogP contribution in [0.4, 0.5) is 5.69 Å². The minimum Gasteiger partial charge on any atom is -0.387 e. The maximum absolute atomic E-state index is 10.5. The molecular formula is C14H22N2O4. The second-order valence-electron chi connectivity index (χ2n) is 5.19. The Labute approximate surface area is 118 Å². The van der Waals surface area contributed by atoms with Crippen molar-refractivity contribution in [2.75, 3.05) is 19.7 Å². The Kier molecular flexibility index (Phi) is 6.06. The molecule has 0 saturated carbocycles. The molecule has 1 rings (SSSR count). The molecule has 0 saturated heterocycles. The summed E-state index contributed by atoms with van der Waals surface area (Å²) in [7, 11) is 0. The minimum atomic E-state index is -0.701. The van der Waals surface area contributed by atoms with Gasteiger partial charge in [-0.05, 0) is 38.5 Å². The van der Waals surface area contributed by atoms with Crippen molar-refractivity contribution in [1.82, 2.24) is 5.32 Å². The molecule has 20 heavy (non-hydrogen) atoms.